The van der Waals surface area contributed by atoms with Gasteiger partial charge in [0.05, 0.1) is 19.4 Å². The fourth-order valence-corrected chi connectivity index (χ4v) is 3.78. The smallest absolute Gasteiger partial charge is 0.161 e. The summed E-state index contributed by atoms with van der Waals surface area (Å²) < 4.78 is 11.2. The number of benzene rings is 2. The molecule has 1 aromatic heterocycles. The molecule has 5 heteroatoms. The molecule has 28 heavy (non-hydrogen) atoms. The molecule has 0 spiro atoms. The van der Waals surface area contributed by atoms with Crippen molar-refractivity contribution in [2.24, 2.45) is 0 Å². The largest absolute Gasteiger partial charge is 0.493 e. The summed E-state index contributed by atoms with van der Waals surface area (Å²) in [6, 6.07) is 20.6. The fourth-order valence-electron chi connectivity index (χ4n) is 3.78. The number of nitrogens with zero attached hydrogens (tertiary/aromatic N) is 2. The summed E-state index contributed by atoms with van der Waals surface area (Å²) in [6.07, 6.45) is 1.96. The summed E-state index contributed by atoms with van der Waals surface area (Å²) in [5, 5.41) is 7.75. The van der Waals surface area contributed by atoms with E-state index in [0.717, 1.165) is 49.7 Å². The van der Waals surface area contributed by atoms with Gasteiger partial charge in [0.2, 0.25) is 0 Å². The Balaban J connectivity index is 1.27. The third-order valence-corrected chi connectivity index (χ3v) is 5.29. The molecule has 1 atom stereocenters. The van der Waals surface area contributed by atoms with Crippen LogP contribution in [0.1, 0.15) is 29.3 Å². The van der Waals surface area contributed by atoms with Crippen molar-refractivity contribution < 1.29 is 9.47 Å². The van der Waals surface area contributed by atoms with Gasteiger partial charge < -0.3 is 9.47 Å². The number of aromatic amines is 1. The van der Waals surface area contributed by atoms with Gasteiger partial charge in [-0.15, -0.1) is 0 Å². The Morgan fingerprint density at radius 1 is 1.07 bits per heavy atom. The lowest BCUT2D eigenvalue weighted by atomic mass is 10.0. The summed E-state index contributed by atoms with van der Waals surface area (Å²) in [5.41, 5.74) is 3.66. The van der Waals surface area contributed by atoms with Crippen molar-refractivity contribution in [3.63, 3.8) is 0 Å². The van der Waals surface area contributed by atoms with Gasteiger partial charge in [0.25, 0.3) is 0 Å². The molecule has 1 fully saturated rings. The van der Waals surface area contributed by atoms with Crippen molar-refractivity contribution >= 4 is 0 Å². The summed E-state index contributed by atoms with van der Waals surface area (Å²) >= 11 is 0. The number of nitrogens with one attached hydrogen (secondary N) is 1. The maximum atomic E-state index is 5.87. The van der Waals surface area contributed by atoms with E-state index in [1.807, 2.05) is 24.3 Å². The molecule has 2 heterocycles. The number of hydrogen-bond acceptors (Lipinski definition) is 4. The monoisotopic (exact) mass is 377 g/mol. The van der Waals surface area contributed by atoms with Gasteiger partial charge in [0.1, 0.15) is 0 Å². The maximum Gasteiger partial charge on any atom is 0.161 e. The van der Waals surface area contributed by atoms with E-state index in [2.05, 4.69) is 51.5 Å². The highest BCUT2D eigenvalue weighted by atomic mass is 16.5. The highest BCUT2D eigenvalue weighted by molar-refractivity contribution is 5.39. The Kier molecular flexibility index (Phi) is 5.92. The van der Waals surface area contributed by atoms with E-state index in [1.54, 1.807) is 7.11 Å². The minimum atomic E-state index is 0.504. The van der Waals surface area contributed by atoms with Crippen LogP contribution >= 0.6 is 0 Å². The molecule has 1 unspecified atom stereocenters. The number of rotatable bonds is 8. The molecule has 0 bridgehead atoms. The average Bonchev–Trinajstić information content (AvgIpc) is 3.39. The minimum Gasteiger partial charge on any atom is -0.493 e. The van der Waals surface area contributed by atoms with E-state index in [0.29, 0.717) is 12.5 Å². The first kappa shape index (κ1) is 18.6. The molecule has 0 aliphatic carbocycles. The summed E-state index contributed by atoms with van der Waals surface area (Å²) in [7, 11) is 1.66. The van der Waals surface area contributed by atoms with Gasteiger partial charge in [-0.25, -0.2) is 0 Å². The first-order valence-electron chi connectivity index (χ1n) is 9.88. The molecule has 0 amide bonds. The Labute approximate surface area is 166 Å². The number of para-hydroxylation sites is 2. The van der Waals surface area contributed by atoms with Gasteiger partial charge in [-0.1, -0.05) is 42.5 Å². The Morgan fingerprint density at radius 3 is 2.68 bits per heavy atom. The van der Waals surface area contributed by atoms with E-state index in [1.165, 1.54) is 11.3 Å². The quantitative estimate of drug-likeness (QED) is 0.644. The van der Waals surface area contributed by atoms with Gasteiger partial charge in [0, 0.05) is 31.1 Å². The van der Waals surface area contributed by atoms with Gasteiger partial charge in [-0.3, -0.25) is 10.00 Å². The number of ether oxygens (including phenoxy) is 2. The van der Waals surface area contributed by atoms with E-state index >= 15 is 0 Å². The molecule has 3 aromatic rings. The maximum absolute atomic E-state index is 5.87. The van der Waals surface area contributed by atoms with Crippen LogP contribution in [0.3, 0.4) is 0 Å². The van der Waals surface area contributed by atoms with Crippen LogP contribution in [0.5, 0.6) is 11.5 Å². The number of likely N-dealkylation sites (tertiary alicyclic amines) is 1. The molecule has 1 N–H and O–H groups in total. The lowest BCUT2D eigenvalue weighted by molar-refractivity contribution is 0.296. The second-order valence-electron chi connectivity index (χ2n) is 7.27. The molecule has 5 nitrogen and oxygen atoms in total. The van der Waals surface area contributed by atoms with Gasteiger partial charge in [0.15, 0.2) is 11.5 Å². The van der Waals surface area contributed by atoms with Gasteiger partial charge in [-0.2, -0.15) is 5.10 Å². The molecule has 4 rings (SSSR count). The highest BCUT2D eigenvalue weighted by Crippen LogP contribution is 2.28. The second-order valence-corrected chi connectivity index (χ2v) is 7.27. The van der Waals surface area contributed by atoms with Crippen LogP contribution in [0.25, 0.3) is 0 Å². The highest BCUT2D eigenvalue weighted by Gasteiger charge is 2.25. The number of H-pyrrole nitrogens is 1. The first-order valence-corrected chi connectivity index (χ1v) is 9.88. The first-order chi connectivity index (χ1) is 13.8. The molecule has 2 aromatic carbocycles. The molecule has 146 valence electrons. The molecule has 1 aliphatic rings. The van der Waals surface area contributed by atoms with Crippen molar-refractivity contribution in [1.29, 1.82) is 0 Å². The zero-order valence-electron chi connectivity index (χ0n) is 16.3. The van der Waals surface area contributed by atoms with Crippen LogP contribution < -0.4 is 9.47 Å². The third-order valence-electron chi connectivity index (χ3n) is 5.29. The van der Waals surface area contributed by atoms with Crippen molar-refractivity contribution in [2.45, 2.75) is 25.3 Å². The Morgan fingerprint density at radius 2 is 1.86 bits per heavy atom. The standard InChI is InChI=1S/C23H27N3O2/c1-27-22-9-5-6-10-23(22)28-14-12-20-15-21(25-24-20)19-11-13-26(17-19)16-18-7-3-2-4-8-18/h2-10,15,19H,11-14,16-17H2,1H3,(H,24,25). The molecule has 1 aliphatic heterocycles. The summed E-state index contributed by atoms with van der Waals surface area (Å²) in [6.45, 7) is 3.80. The lowest BCUT2D eigenvalue weighted by Gasteiger charge is -2.15. The molecule has 0 radical (unpaired) electrons. The van der Waals surface area contributed by atoms with Crippen molar-refractivity contribution in [2.75, 3.05) is 26.8 Å². The molecule has 1 saturated heterocycles. The fraction of sp³-hybridized carbons (Fsp3) is 0.348. The van der Waals surface area contributed by atoms with Crippen molar-refractivity contribution in [1.82, 2.24) is 15.1 Å². The van der Waals surface area contributed by atoms with Crippen LogP contribution in [0.4, 0.5) is 0 Å². The molecular weight excluding hydrogens is 350 g/mol. The summed E-state index contributed by atoms with van der Waals surface area (Å²) in [4.78, 5) is 2.51. The van der Waals surface area contributed by atoms with Gasteiger partial charge >= 0.3 is 0 Å². The van der Waals surface area contributed by atoms with Crippen LogP contribution in [0.15, 0.2) is 60.7 Å². The van der Waals surface area contributed by atoms with Crippen LogP contribution in [0.2, 0.25) is 0 Å². The average molecular weight is 377 g/mol. The lowest BCUT2D eigenvalue weighted by Crippen LogP contribution is -2.19. The van der Waals surface area contributed by atoms with Gasteiger partial charge in [-0.05, 0) is 36.7 Å². The van der Waals surface area contributed by atoms with Crippen LogP contribution in [0, 0.1) is 0 Å². The number of methoxy groups -OCH3 is 1. The normalized spacial score (nSPS) is 17.0. The predicted octanol–water partition coefficient (Wildman–Crippen LogP) is 4.03. The van der Waals surface area contributed by atoms with Crippen molar-refractivity contribution in [3.8, 4) is 11.5 Å². The van der Waals surface area contributed by atoms with Crippen LogP contribution in [-0.4, -0.2) is 41.9 Å². The zero-order valence-corrected chi connectivity index (χ0v) is 16.3. The zero-order chi connectivity index (χ0) is 19.2. The van der Waals surface area contributed by atoms with E-state index in [-0.39, 0.29) is 0 Å². The number of hydrogen-bond donors (Lipinski definition) is 1. The van der Waals surface area contributed by atoms with E-state index in [4.69, 9.17) is 9.47 Å². The SMILES string of the molecule is COc1ccccc1OCCc1cc(C2CCN(Cc3ccccc3)C2)n[nH]1. The van der Waals surface area contributed by atoms with E-state index in [9.17, 15) is 0 Å². The van der Waals surface area contributed by atoms with E-state index < -0.39 is 0 Å². The molecular formula is C23H27N3O2. The Bertz CT molecular complexity index is 878. The van der Waals surface area contributed by atoms with Crippen LogP contribution in [-0.2, 0) is 13.0 Å². The Hall–Kier alpha value is -2.79. The topological polar surface area (TPSA) is 50.4 Å². The minimum absolute atomic E-state index is 0.504. The summed E-state index contributed by atoms with van der Waals surface area (Å²) in [5.74, 6) is 2.04. The second kappa shape index (κ2) is 8.93. The number of aromatic nitrogens is 2. The third kappa shape index (κ3) is 4.54. The van der Waals surface area contributed by atoms with Crippen molar-refractivity contribution in [3.05, 3.63) is 77.6 Å². The predicted molar refractivity (Wildman–Crippen MR) is 110 cm³/mol. The molecule has 0 saturated carbocycles.